The van der Waals surface area contributed by atoms with Crippen LogP contribution in [0.4, 0.5) is 0 Å². The van der Waals surface area contributed by atoms with Gasteiger partial charge in [-0.25, -0.2) is 4.98 Å². The first-order valence-electron chi connectivity index (χ1n) is 5.55. The van der Waals surface area contributed by atoms with E-state index in [4.69, 9.17) is 11.6 Å². The van der Waals surface area contributed by atoms with Crippen molar-refractivity contribution in [3.05, 3.63) is 22.9 Å². The maximum Gasteiger partial charge on any atom is 0.254 e. The maximum absolute atomic E-state index is 6.11. The van der Waals surface area contributed by atoms with Crippen molar-refractivity contribution in [1.29, 1.82) is 0 Å². The van der Waals surface area contributed by atoms with Crippen molar-refractivity contribution in [2.75, 3.05) is 0 Å². The number of hydrogen-bond acceptors (Lipinski definition) is 7. The fourth-order valence-electron chi connectivity index (χ4n) is 1.50. The summed E-state index contributed by atoms with van der Waals surface area (Å²) in [7, 11) is 0. The van der Waals surface area contributed by atoms with E-state index < -0.39 is 0 Å². The predicted octanol–water partition coefficient (Wildman–Crippen LogP) is 2.65. The van der Waals surface area contributed by atoms with Gasteiger partial charge in [-0.05, 0) is 30.2 Å². The van der Waals surface area contributed by atoms with Crippen molar-refractivity contribution in [3.63, 3.8) is 0 Å². The van der Waals surface area contributed by atoms with Crippen LogP contribution in [0, 0.1) is 6.92 Å². The Bertz CT molecular complexity index is 737. The van der Waals surface area contributed by atoms with Gasteiger partial charge in [0.1, 0.15) is 22.3 Å². The molecule has 0 aliphatic rings. The minimum absolute atomic E-state index is 0.434. The lowest BCUT2D eigenvalue weighted by Gasteiger charge is -2.06. The van der Waals surface area contributed by atoms with Crippen molar-refractivity contribution in [1.82, 2.24) is 28.9 Å². The van der Waals surface area contributed by atoms with Crippen LogP contribution >= 0.6 is 34.9 Å². The molecule has 0 unspecified atom stereocenters. The van der Waals surface area contributed by atoms with Crippen LogP contribution < -0.4 is 0 Å². The van der Waals surface area contributed by atoms with Gasteiger partial charge in [-0.1, -0.05) is 18.5 Å². The summed E-state index contributed by atoms with van der Waals surface area (Å²) in [4.78, 5) is 12.7. The highest BCUT2D eigenvalue weighted by molar-refractivity contribution is 8.00. The maximum atomic E-state index is 6.11. The summed E-state index contributed by atoms with van der Waals surface area (Å²) in [5.74, 6) is 1.33. The molecule has 3 aromatic heterocycles. The van der Waals surface area contributed by atoms with Crippen molar-refractivity contribution < 1.29 is 0 Å². The van der Waals surface area contributed by atoms with Crippen molar-refractivity contribution in [3.8, 4) is 0 Å². The number of aromatic nitrogens is 6. The van der Waals surface area contributed by atoms with E-state index in [2.05, 4.69) is 24.4 Å². The fraction of sp³-hybridized carbons (Fsp3) is 0.300. The van der Waals surface area contributed by atoms with Crippen molar-refractivity contribution in [2.45, 2.75) is 29.6 Å². The van der Waals surface area contributed by atoms with Crippen LogP contribution in [-0.4, -0.2) is 28.9 Å². The summed E-state index contributed by atoms with van der Waals surface area (Å²) >= 11 is 8.96. The zero-order chi connectivity index (χ0) is 13.4. The van der Waals surface area contributed by atoms with Gasteiger partial charge in [0.15, 0.2) is 4.34 Å². The Kier molecular flexibility index (Phi) is 3.38. The molecule has 19 heavy (non-hydrogen) atoms. The number of rotatable bonds is 3. The van der Waals surface area contributed by atoms with E-state index in [-0.39, 0.29) is 0 Å². The minimum atomic E-state index is 0.434. The first-order valence-corrected chi connectivity index (χ1v) is 7.52. The number of fused-ring (bicyclic) bond motifs is 1. The van der Waals surface area contributed by atoms with Gasteiger partial charge < -0.3 is 0 Å². The number of halogens is 1. The summed E-state index contributed by atoms with van der Waals surface area (Å²) in [6.45, 7) is 3.93. The Labute approximate surface area is 122 Å². The highest BCUT2D eigenvalue weighted by atomic mass is 35.5. The van der Waals surface area contributed by atoms with Gasteiger partial charge in [0.2, 0.25) is 0 Å². The van der Waals surface area contributed by atoms with Crippen LogP contribution in [0.25, 0.3) is 5.78 Å². The Morgan fingerprint density at radius 2 is 2.26 bits per heavy atom. The average Bonchev–Trinajstić information content (AvgIpc) is 3.03. The third-order valence-corrected chi connectivity index (χ3v) is 4.83. The van der Waals surface area contributed by atoms with Gasteiger partial charge in [-0.15, -0.1) is 0 Å². The van der Waals surface area contributed by atoms with Gasteiger partial charge >= 0.3 is 0 Å². The van der Waals surface area contributed by atoms with Crippen LogP contribution in [0.1, 0.15) is 18.3 Å². The molecule has 6 nitrogen and oxygen atoms in total. The summed E-state index contributed by atoms with van der Waals surface area (Å²) in [6, 6.07) is 0. The van der Waals surface area contributed by atoms with E-state index in [0.717, 1.165) is 27.2 Å². The molecular formula is C10H9ClN6S2. The summed E-state index contributed by atoms with van der Waals surface area (Å²) < 4.78 is 6.79. The van der Waals surface area contributed by atoms with Crippen LogP contribution in [-0.2, 0) is 6.42 Å². The first-order chi connectivity index (χ1) is 9.19. The Morgan fingerprint density at radius 3 is 3.00 bits per heavy atom. The molecule has 3 aromatic rings. The van der Waals surface area contributed by atoms with E-state index in [0.29, 0.717) is 10.9 Å². The summed E-state index contributed by atoms with van der Waals surface area (Å²) in [5.41, 5.74) is 0.859. The Balaban J connectivity index is 2.08. The molecule has 0 saturated carbocycles. The van der Waals surface area contributed by atoms with E-state index in [9.17, 15) is 0 Å². The molecule has 0 aliphatic carbocycles. The Hall–Kier alpha value is -1.25. The molecule has 9 heteroatoms. The van der Waals surface area contributed by atoms with E-state index in [1.165, 1.54) is 29.6 Å². The monoisotopic (exact) mass is 312 g/mol. The van der Waals surface area contributed by atoms with E-state index in [1.807, 2.05) is 13.8 Å². The molecule has 0 fully saturated rings. The molecule has 0 atom stereocenters. The SMILES string of the molecule is CCc1nsc(Sc2c(C)c(Cl)nc3ncnn23)n1. The molecule has 0 aliphatic heterocycles. The summed E-state index contributed by atoms with van der Waals surface area (Å²) in [6.07, 6.45) is 2.28. The molecule has 0 aromatic carbocycles. The van der Waals surface area contributed by atoms with E-state index in [1.54, 1.807) is 4.52 Å². The van der Waals surface area contributed by atoms with Gasteiger partial charge in [0.05, 0.1) is 0 Å². The second-order valence-electron chi connectivity index (χ2n) is 3.74. The zero-order valence-electron chi connectivity index (χ0n) is 10.2. The molecule has 0 radical (unpaired) electrons. The molecular weight excluding hydrogens is 304 g/mol. The molecule has 3 heterocycles. The summed E-state index contributed by atoms with van der Waals surface area (Å²) in [5, 5.41) is 5.46. The van der Waals surface area contributed by atoms with Crippen molar-refractivity contribution >= 4 is 40.7 Å². The highest BCUT2D eigenvalue weighted by Gasteiger charge is 2.15. The first kappa shape index (κ1) is 12.8. The lowest BCUT2D eigenvalue weighted by molar-refractivity contribution is 0.824. The smallest absolute Gasteiger partial charge is 0.213 e. The molecule has 3 rings (SSSR count). The largest absolute Gasteiger partial charge is 0.254 e. The van der Waals surface area contributed by atoms with Crippen LogP contribution in [0.15, 0.2) is 15.7 Å². The normalized spacial score (nSPS) is 11.3. The van der Waals surface area contributed by atoms with Crippen LogP contribution in [0.2, 0.25) is 5.15 Å². The number of hydrogen-bond donors (Lipinski definition) is 0. The van der Waals surface area contributed by atoms with Crippen molar-refractivity contribution in [2.24, 2.45) is 0 Å². The van der Waals surface area contributed by atoms with E-state index >= 15 is 0 Å². The molecule has 0 saturated heterocycles. The topological polar surface area (TPSA) is 68.9 Å². The molecule has 0 spiro atoms. The number of nitrogens with zero attached hydrogens (tertiary/aromatic N) is 6. The molecule has 98 valence electrons. The fourth-order valence-corrected chi connectivity index (χ4v) is 3.50. The second-order valence-corrected chi connectivity index (χ2v) is 6.08. The predicted molar refractivity (Wildman–Crippen MR) is 73.9 cm³/mol. The van der Waals surface area contributed by atoms with Gasteiger partial charge in [0, 0.05) is 12.0 Å². The third kappa shape index (κ3) is 2.31. The van der Waals surface area contributed by atoms with Crippen LogP contribution in [0.5, 0.6) is 0 Å². The highest BCUT2D eigenvalue weighted by Crippen LogP contribution is 2.33. The number of aryl methyl sites for hydroxylation is 1. The molecule has 0 bridgehead atoms. The molecule has 0 amide bonds. The van der Waals surface area contributed by atoms with Gasteiger partial charge in [-0.3, -0.25) is 0 Å². The lowest BCUT2D eigenvalue weighted by Crippen LogP contribution is -1.99. The average molecular weight is 313 g/mol. The van der Waals surface area contributed by atoms with Gasteiger partial charge in [-0.2, -0.15) is 24.0 Å². The third-order valence-electron chi connectivity index (χ3n) is 2.50. The standard InChI is InChI=1S/C10H9ClN6S2/c1-3-6-14-10(19-16-6)18-8-5(2)7(11)15-9-12-4-13-17(8)9/h4H,3H2,1-2H3. The quantitative estimate of drug-likeness (QED) is 0.693. The minimum Gasteiger partial charge on any atom is -0.213 e. The Morgan fingerprint density at radius 1 is 1.42 bits per heavy atom. The zero-order valence-corrected chi connectivity index (χ0v) is 12.6. The lowest BCUT2D eigenvalue weighted by atomic mass is 10.4. The molecule has 0 N–H and O–H groups in total. The van der Waals surface area contributed by atoms with Gasteiger partial charge in [0.25, 0.3) is 5.78 Å². The van der Waals surface area contributed by atoms with Crippen LogP contribution in [0.3, 0.4) is 0 Å². The second kappa shape index (κ2) is 5.03.